The monoisotopic (exact) mass is 362 g/mol. The molecule has 1 fully saturated rings. The Kier molecular flexibility index (Phi) is 7.38. The molecular weight excluding hydrogens is 336 g/mol. The van der Waals surface area contributed by atoms with Gasteiger partial charge in [0.1, 0.15) is 5.75 Å². The van der Waals surface area contributed by atoms with Crippen LogP contribution in [0.15, 0.2) is 18.2 Å². The molecule has 25 heavy (non-hydrogen) atoms. The summed E-state index contributed by atoms with van der Waals surface area (Å²) >= 11 is 0. The molecule has 0 heterocycles. The van der Waals surface area contributed by atoms with Crippen molar-refractivity contribution in [3.05, 3.63) is 24.0 Å². The molecule has 1 aliphatic rings. The van der Waals surface area contributed by atoms with Crippen LogP contribution in [0.5, 0.6) is 11.5 Å². The molecule has 1 aromatic carbocycles. The predicted molar refractivity (Wildman–Crippen MR) is 88.2 cm³/mol. The molecule has 2 rings (SSSR count). The van der Waals surface area contributed by atoms with Crippen LogP contribution in [0.1, 0.15) is 58.3 Å². The lowest BCUT2D eigenvalue weighted by Gasteiger charge is -2.28. The fourth-order valence-corrected chi connectivity index (χ4v) is 3.36. The number of hydrogen-bond donors (Lipinski definition) is 0. The van der Waals surface area contributed by atoms with E-state index in [1.807, 2.05) is 0 Å². The summed E-state index contributed by atoms with van der Waals surface area (Å²) in [7, 11) is 0. The number of halogens is 4. The molecule has 6 heteroatoms. The van der Waals surface area contributed by atoms with Crippen LogP contribution in [0, 0.1) is 17.7 Å². The van der Waals surface area contributed by atoms with Crippen molar-refractivity contribution in [3.8, 4) is 11.5 Å². The average Bonchev–Trinajstić information content (AvgIpc) is 2.55. The summed E-state index contributed by atoms with van der Waals surface area (Å²) in [6.45, 7) is 2.68. The van der Waals surface area contributed by atoms with Gasteiger partial charge in [0.25, 0.3) is 0 Å². The van der Waals surface area contributed by atoms with Gasteiger partial charge in [-0.2, -0.15) is 0 Å². The van der Waals surface area contributed by atoms with Gasteiger partial charge in [0.05, 0.1) is 6.61 Å². The highest BCUT2D eigenvalue weighted by molar-refractivity contribution is 5.33. The second-order valence-corrected chi connectivity index (χ2v) is 6.83. The van der Waals surface area contributed by atoms with Gasteiger partial charge in [-0.1, -0.05) is 45.4 Å². The molecule has 1 aliphatic carbocycles. The Bertz CT molecular complexity index is 523. The van der Waals surface area contributed by atoms with E-state index in [4.69, 9.17) is 4.74 Å². The Morgan fingerprint density at radius 2 is 1.72 bits per heavy atom. The van der Waals surface area contributed by atoms with E-state index in [1.165, 1.54) is 44.6 Å². The number of benzene rings is 1. The summed E-state index contributed by atoms with van der Waals surface area (Å²) in [6, 6.07) is 3.20. The smallest absolute Gasteiger partial charge is 0.493 e. The molecule has 0 amide bonds. The lowest BCUT2D eigenvalue weighted by atomic mass is 9.80. The van der Waals surface area contributed by atoms with E-state index >= 15 is 0 Å². The van der Waals surface area contributed by atoms with Crippen molar-refractivity contribution in [2.75, 3.05) is 6.61 Å². The number of unbranched alkanes of at least 4 members (excludes halogenated alkanes) is 2. The van der Waals surface area contributed by atoms with Crippen LogP contribution in [-0.4, -0.2) is 13.0 Å². The molecule has 0 spiro atoms. The lowest BCUT2D eigenvalue weighted by Crippen LogP contribution is -2.20. The van der Waals surface area contributed by atoms with Crippen LogP contribution < -0.4 is 9.47 Å². The number of ether oxygens (including phenoxy) is 2. The molecule has 0 aliphatic heterocycles. The van der Waals surface area contributed by atoms with Crippen LogP contribution in [0.25, 0.3) is 0 Å². The van der Waals surface area contributed by atoms with Gasteiger partial charge in [0, 0.05) is 6.07 Å². The topological polar surface area (TPSA) is 18.5 Å². The molecule has 0 bridgehead atoms. The highest BCUT2D eigenvalue weighted by atomic mass is 19.4. The lowest BCUT2D eigenvalue weighted by molar-refractivity contribution is -0.275. The summed E-state index contributed by atoms with van der Waals surface area (Å²) < 4.78 is 59.2. The van der Waals surface area contributed by atoms with E-state index in [0.717, 1.165) is 30.9 Å². The van der Waals surface area contributed by atoms with Crippen molar-refractivity contribution in [2.24, 2.45) is 11.8 Å². The van der Waals surface area contributed by atoms with Crippen molar-refractivity contribution in [1.82, 2.24) is 0 Å². The molecule has 142 valence electrons. The van der Waals surface area contributed by atoms with Crippen molar-refractivity contribution >= 4 is 0 Å². The first-order valence-corrected chi connectivity index (χ1v) is 9.05. The van der Waals surface area contributed by atoms with Crippen LogP contribution >= 0.6 is 0 Å². The fourth-order valence-electron chi connectivity index (χ4n) is 3.36. The second-order valence-electron chi connectivity index (χ2n) is 6.83. The summed E-state index contributed by atoms with van der Waals surface area (Å²) in [6.07, 6.45) is 4.81. The highest BCUT2D eigenvalue weighted by Gasteiger charge is 2.32. The predicted octanol–water partition coefficient (Wildman–Crippen LogP) is 6.49. The molecule has 1 saturated carbocycles. The van der Waals surface area contributed by atoms with Gasteiger partial charge < -0.3 is 9.47 Å². The number of alkyl halides is 3. The van der Waals surface area contributed by atoms with Gasteiger partial charge >= 0.3 is 6.36 Å². The highest BCUT2D eigenvalue weighted by Crippen LogP contribution is 2.33. The van der Waals surface area contributed by atoms with Crippen molar-refractivity contribution in [2.45, 2.75) is 64.7 Å². The van der Waals surface area contributed by atoms with Crippen LogP contribution in [0.2, 0.25) is 0 Å². The molecule has 2 nitrogen and oxygen atoms in total. The Morgan fingerprint density at radius 1 is 1.04 bits per heavy atom. The molecule has 0 radical (unpaired) electrons. The SMILES string of the molecule is CCCCC[C@H]1CC[C@H](COc2ccc(OC(F)(F)F)c(F)c2)CC1. The van der Waals surface area contributed by atoms with Crippen LogP contribution in [0.3, 0.4) is 0 Å². The molecule has 1 aromatic rings. The van der Waals surface area contributed by atoms with Crippen LogP contribution in [-0.2, 0) is 0 Å². The normalized spacial score (nSPS) is 21.2. The Hall–Kier alpha value is -1.46. The van der Waals surface area contributed by atoms with Gasteiger partial charge in [-0.15, -0.1) is 13.2 Å². The molecule has 0 aromatic heterocycles. The van der Waals surface area contributed by atoms with E-state index in [2.05, 4.69) is 11.7 Å². The zero-order chi connectivity index (χ0) is 18.3. The maximum absolute atomic E-state index is 13.6. The van der Waals surface area contributed by atoms with Gasteiger partial charge in [-0.05, 0) is 36.8 Å². The zero-order valence-corrected chi connectivity index (χ0v) is 14.6. The van der Waals surface area contributed by atoms with Gasteiger partial charge in [-0.25, -0.2) is 4.39 Å². The number of rotatable bonds is 8. The van der Waals surface area contributed by atoms with Crippen molar-refractivity contribution in [3.63, 3.8) is 0 Å². The average molecular weight is 362 g/mol. The third-order valence-corrected chi connectivity index (χ3v) is 4.80. The largest absolute Gasteiger partial charge is 0.573 e. The summed E-state index contributed by atoms with van der Waals surface area (Å²) in [5, 5.41) is 0. The zero-order valence-electron chi connectivity index (χ0n) is 14.6. The third kappa shape index (κ3) is 7.12. The summed E-state index contributed by atoms with van der Waals surface area (Å²) in [5.41, 5.74) is 0. The fraction of sp³-hybridized carbons (Fsp3) is 0.684. The standard InChI is InChI=1S/C19H26F4O2/c1-2-3-4-5-14-6-8-15(9-7-14)13-24-16-10-11-18(17(20)12-16)25-19(21,22)23/h10-12,14-15H,2-9,13H2,1H3/t14-,15-. The van der Waals surface area contributed by atoms with E-state index in [-0.39, 0.29) is 5.75 Å². The van der Waals surface area contributed by atoms with Gasteiger partial charge in [-0.3, -0.25) is 0 Å². The Labute approximate surface area is 146 Å². The minimum absolute atomic E-state index is 0.233. The van der Waals surface area contributed by atoms with Crippen molar-refractivity contribution in [1.29, 1.82) is 0 Å². The van der Waals surface area contributed by atoms with Gasteiger partial charge in [0.15, 0.2) is 11.6 Å². The van der Waals surface area contributed by atoms with E-state index in [0.29, 0.717) is 12.5 Å². The minimum atomic E-state index is -4.90. The summed E-state index contributed by atoms with van der Waals surface area (Å²) in [5.74, 6) is -0.449. The first kappa shape index (κ1) is 19.9. The van der Waals surface area contributed by atoms with Crippen molar-refractivity contribution < 1.29 is 27.0 Å². The molecule has 0 atom stereocenters. The molecule has 0 unspecified atom stereocenters. The molecule has 0 saturated heterocycles. The summed E-state index contributed by atoms with van der Waals surface area (Å²) in [4.78, 5) is 0. The van der Waals surface area contributed by atoms with Crippen LogP contribution in [0.4, 0.5) is 17.6 Å². The number of hydrogen-bond acceptors (Lipinski definition) is 2. The third-order valence-electron chi connectivity index (χ3n) is 4.80. The molecular formula is C19H26F4O2. The maximum Gasteiger partial charge on any atom is 0.573 e. The Morgan fingerprint density at radius 3 is 2.32 bits per heavy atom. The van der Waals surface area contributed by atoms with E-state index in [9.17, 15) is 17.6 Å². The second kappa shape index (κ2) is 9.30. The van der Waals surface area contributed by atoms with Gasteiger partial charge in [0.2, 0.25) is 0 Å². The van der Waals surface area contributed by atoms with E-state index in [1.54, 1.807) is 0 Å². The first-order chi connectivity index (χ1) is 11.9. The Balaban J connectivity index is 1.74. The van der Waals surface area contributed by atoms with E-state index < -0.39 is 17.9 Å². The maximum atomic E-state index is 13.6. The molecule has 0 N–H and O–H groups in total. The quantitative estimate of drug-likeness (QED) is 0.389. The minimum Gasteiger partial charge on any atom is -0.493 e. The first-order valence-electron chi connectivity index (χ1n) is 9.05.